The maximum absolute atomic E-state index is 13.7. The standard InChI is InChI=1S/C43H64N2O2P2/c1-3-5-7-9-11-13-24-33-44-42(46)37-48(39-27-18-15-19-28-39)35-26-36-49(40-29-20-16-21-30-40,41-31-22-17-23-32-41)38-43(47)45-34-25-14-12-10-8-6-4-2/h15-23,27-32H,3-14,24-26,33-38H2,1-2H3,(H-,44,45,46,47)/p+1. The molecule has 0 bridgehead atoms. The summed E-state index contributed by atoms with van der Waals surface area (Å²) in [5.41, 5.74) is 0. The van der Waals surface area contributed by atoms with Crippen molar-refractivity contribution >= 4 is 42.9 Å². The van der Waals surface area contributed by atoms with E-state index in [1.54, 1.807) is 0 Å². The van der Waals surface area contributed by atoms with Crippen LogP contribution in [-0.2, 0) is 9.59 Å². The Morgan fingerprint density at radius 3 is 1.45 bits per heavy atom. The predicted molar refractivity (Wildman–Crippen MR) is 218 cm³/mol. The third-order valence-electron chi connectivity index (χ3n) is 9.54. The van der Waals surface area contributed by atoms with Crippen molar-refractivity contribution in [2.75, 3.05) is 37.7 Å². The summed E-state index contributed by atoms with van der Waals surface area (Å²) in [6, 6.07) is 32.2. The zero-order chi connectivity index (χ0) is 34.8. The molecule has 49 heavy (non-hydrogen) atoms. The lowest BCUT2D eigenvalue weighted by molar-refractivity contribution is -0.119. The van der Waals surface area contributed by atoms with Gasteiger partial charge in [0.25, 0.3) is 5.91 Å². The van der Waals surface area contributed by atoms with Gasteiger partial charge in [-0.05, 0) is 55.0 Å². The van der Waals surface area contributed by atoms with Gasteiger partial charge in [0.2, 0.25) is 5.91 Å². The second-order valence-corrected chi connectivity index (χ2v) is 19.7. The molecule has 1 unspecified atom stereocenters. The van der Waals surface area contributed by atoms with Crippen molar-refractivity contribution in [1.82, 2.24) is 10.6 Å². The van der Waals surface area contributed by atoms with Crippen molar-refractivity contribution in [3.63, 3.8) is 0 Å². The van der Waals surface area contributed by atoms with E-state index in [9.17, 15) is 9.59 Å². The molecule has 0 aliphatic rings. The van der Waals surface area contributed by atoms with Crippen LogP contribution in [-0.4, -0.2) is 49.6 Å². The number of carbonyl (C=O) groups is 2. The Bertz CT molecular complexity index is 1230. The van der Waals surface area contributed by atoms with E-state index in [1.807, 2.05) is 0 Å². The van der Waals surface area contributed by atoms with Crippen molar-refractivity contribution in [1.29, 1.82) is 0 Å². The first-order valence-electron chi connectivity index (χ1n) is 19.4. The lowest BCUT2D eigenvalue weighted by Crippen LogP contribution is -2.36. The van der Waals surface area contributed by atoms with Gasteiger partial charge in [-0.15, -0.1) is 0 Å². The van der Waals surface area contributed by atoms with Gasteiger partial charge in [-0.1, -0.05) is 166 Å². The van der Waals surface area contributed by atoms with Crippen LogP contribution in [0.3, 0.4) is 0 Å². The van der Waals surface area contributed by atoms with Gasteiger partial charge >= 0.3 is 0 Å². The lowest BCUT2D eigenvalue weighted by atomic mass is 10.1. The van der Waals surface area contributed by atoms with Crippen LogP contribution in [0, 0.1) is 0 Å². The largest absolute Gasteiger partial charge is 0.356 e. The fraction of sp³-hybridized carbons (Fsp3) is 0.535. The molecule has 0 heterocycles. The zero-order valence-corrected chi connectivity index (χ0v) is 32.5. The molecular weight excluding hydrogens is 638 g/mol. The number of benzene rings is 3. The normalized spacial score (nSPS) is 12.0. The molecule has 2 amide bonds. The third-order valence-corrected chi connectivity index (χ3v) is 16.6. The molecule has 0 radical (unpaired) electrons. The molecule has 3 rings (SSSR count). The molecule has 0 saturated heterocycles. The summed E-state index contributed by atoms with van der Waals surface area (Å²) < 4.78 is 0. The monoisotopic (exact) mass is 703 g/mol. The van der Waals surface area contributed by atoms with Gasteiger partial charge in [0.1, 0.15) is 6.16 Å². The summed E-state index contributed by atoms with van der Waals surface area (Å²) in [7, 11) is -2.71. The van der Waals surface area contributed by atoms with Gasteiger partial charge in [0, 0.05) is 13.1 Å². The first-order valence-corrected chi connectivity index (χ1v) is 23.3. The van der Waals surface area contributed by atoms with Crippen LogP contribution in [0.4, 0.5) is 0 Å². The van der Waals surface area contributed by atoms with Crippen molar-refractivity contribution in [2.24, 2.45) is 0 Å². The average Bonchev–Trinajstić information content (AvgIpc) is 3.14. The fourth-order valence-electron chi connectivity index (χ4n) is 6.72. The van der Waals surface area contributed by atoms with Crippen LogP contribution in [0.15, 0.2) is 91.0 Å². The minimum Gasteiger partial charge on any atom is -0.356 e. The molecule has 0 aliphatic carbocycles. The highest BCUT2D eigenvalue weighted by Gasteiger charge is 2.44. The van der Waals surface area contributed by atoms with E-state index in [2.05, 4.69) is 115 Å². The molecule has 2 N–H and O–H groups in total. The predicted octanol–water partition coefficient (Wildman–Crippen LogP) is 9.59. The third kappa shape index (κ3) is 15.9. The van der Waals surface area contributed by atoms with Gasteiger partial charge < -0.3 is 10.6 Å². The molecule has 0 aromatic heterocycles. The number of nitrogens with one attached hydrogen (secondary N) is 2. The van der Waals surface area contributed by atoms with E-state index >= 15 is 0 Å². The molecule has 0 saturated carbocycles. The van der Waals surface area contributed by atoms with Crippen LogP contribution in [0.25, 0.3) is 0 Å². The molecular formula is C43H65N2O2P2+. The Labute approximate surface area is 301 Å². The summed E-state index contributed by atoms with van der Waals surface area (Å²) in [5, 5.41) is 10.4. The maximum atomic E-state index is 13.7. The molecule has 3 aromatic carbocycles. The molecule has 3 aromatic rings. The minimum absolute atomic E-state index is 0.169. The highest BCUT2D eigenvalue weighted by Crippen LogP contribution is 2.57. The molecule has 0 spiro atoms. The summed E-state index contributed by atoms with van der Waals surface area (Å²) in [4.78, 5) is 26.9. The van der Waals surface area contributed by atoms with Gasteiger partial charge in [-0.2, -0.15) is 0 Å². The van der Waals surface area contributed by atoms with Gasteiger partial charge in [-0.3, -0.25) is 9.59 Å². The van der Waals surface area contributed by atoms with E-state index in [0.717, 1.165) is 44.7 Å². The Hall–Kier alpha value is -2.54. The number of carbonyl (C=O) groups excluding carboxylic acids is 2. The van der Waals surface area contributed by atoms with Crippen LogP contribution < -0.4 is 26.5 Å². The number of unbranched alkanes of at least 4 members (excludes halogenated alkanes) is 12. The van der Waals surface area contributed by atoms with Crippen LogP contribution in [0.2, 0.25) is 0 Å². The van der Waals surface area contributed by atoms with E-state index in [4.69, 9.17) is 0 Å². The summed E-state index contributed by atoms with van der Waals surface area (Å²) in [6.45, 7) is 6.03. The molecule has 0 fully saturated rings. The van der Waals surface area contributed by atoms with Crippen molar-refractivity contribution in [3.8, 4) is 0 Å². The first-order chi connectivity index (χ1) is 24.1. The SMILES string of the molecule is CCCCCCCCCNC(=O)CP(CCC[P+](CC(=O)NCCCCCCCCC)(c1ccccc1)c1ccccc1)c1ccccc1. The minimum atomic E-state index is -2.05. The van der Waals surface area contributed by atoms with Crippen LogP contribution in [0.5, 0.6) is 0 Å². The average molecular weight is 704 g/mol. The number of rotatable bonds is 27. The van der Waals surface area contributed by atoms with Crippen LogP contribution >= 0.6 is 15.2 Å². The Kier molecular flexibility index (Phi) is 21.2. The molecule has 268 valence electrons. The zero-order valence-electron chi connectivity index (χ0n) is 30.7. The van der Waals surface area contributed by atoms with E-state index in [1.165, 1.54) is 93.0 Å². The molecule has 1 atom stereocenters. The lowest BCUT2D eigenvalue weighted by Gasteiger charge is -2.28. The smallest absolute Gasteiger partial charge is 0.258 e. The van der Waals surface area contributed by atoms with Gasteiger partial charge in [-0.25, -0.2) is 0 Å². The Morgan fingerprint density at radius 2 is 0.959 bits per heavy atom. The number of amides is 2. The van der Waals surface area contributed by atoms with Gasteiger partial charge in [0.15, 0.2) is 0 Å². The summed E-state index contributed by atoms with van der Waals surface area (Å²) >= 11 is 0. The van der Waals surface area contributed by atoms with Gasteiger partial charge in [0.05, 0.1) is 30.2 Å². The summed E-state index contributed by atoms with van der Waals surface area (Å²) in [6.07, 6.45) is 21.4. The first kappa shape index (κ1) is 40.9. The van der Waals surface area contributed by atoms with Crippen molar-refractivity contribution in [2.45, 2.75) is 110 Å². The summed E-state index contributed by atoms with van der Waals surface area (Å²) in [5.74, 6) is 0.347. The fourth-order valence-corrected chi connectivity index (χ4v) is 13.3. The number of hydrogen-bond acceptors (Lipinski definition) is 2. The maximum Gasteiger partial charge on any atom is 0.258 e. The molecule has 0 aliphatic heterocycles. The van der Waals surface area contributed by atoms with Crippen LogP contribution in [0.1, 0.15) is 110 Å². The Balaban J connectivity index is 1.67. The highest BCUT2D eigenvalue weighted by molar-refractivity contribution is 7.90. The van der Waals surface area contributed by atoms with E-state index < -0.39 is 15.2 Å². The number of hydrogen-bond donors (Lipinski definition) is 2. The quantitative estimate of drug-likeness (QED) is 0.0614. The van der Waals surface area contributed by atoms with Crippen molar-refractivity contribution in [3.05, 3.63) is 91.0 Å². The molecule has 4 nitrogen and oxygen atoms in total. The Morgan fingerprint density at radius 1 is 0.531 bits per heavy atom. The second-order valence-electron chi connectivity index (χ2n) is 13.6. The highest BCUT2D eigenvalue weighted by atomic mass is 31.2. The molecule has 6 heteroatoms. The van der Waals surface area contributed by atoms with Crippen molar-refractivity contribution < 1.29 is 9.59 Å². The van der Waals surface area contributed by atoms with E-state index in [0.29, 0.717) is 12.3 Å². The second kappa shape index (κ2) is 25.4. The van der Waals surface area contributed by atoms with E-state index in [-0.39, 0.29) is 11.8 Å². The topological polar surface area (TPSA) is 58.2 Å².